The molecule has 3 nitrogen and oxygen atoms in total. The Morgan fingerprint density at radius 3 is 2.44 bits per heavy atom. The maximum Gasteiger partial charge on any atom is 0.309 e. The van der Waals surface area contributed by atoms with Crippen molar-refractivity contribution in [3.8, 4) is 0 Å². The van der Waals surface area contributed by atoms with E-state index in [4.69, 9.17) is 9.84 Å². The van der Waals surface area contributed by atoms with Gasteiger partial charge in [0.2, 0.25) is 0 Å². The fraction of sp³-hybridized carbons (Fsp3) is 0.933. The second kappa shape index (κ2) is 8.52. The highest BCUT2D eigenvalue weighted by Gasteiger charge is 2.32. The van der Waals surface area contributed by atoms with E-state index in [1.165, 1.54) is 25.7 Å². The van der Waals surface area contributed by atoms with Gasteiger partial charge < -0.3 is 9.84 Å². The van der Waals surface area contributed by atoms with Crippen LogP contribution in [0.5, 0.6) is 0 Å². The third-order valence-electron chi connectivity index (χ3n) is 4.19. The first kappa shape index (κ1) is 15.5. The Balaban J connectivity index is 2.47. The van der Waals surface area contributed by atoms with Crippen LogP contribution in [0.15, 0.2) is 0 Å². The first-order chi connectivity index (χ1) is 8.72. The zero-order chi connectivity index (χ0) is 13.4. The van der Waals surface area contributed by atoms with Gasteiger partial charge in [0.05, 0.1) is 12.5 Å². The molecule has 1 N–H and O–H groups in total. The minimum Gasteiger partial charge on any atom is -0.466 e. The molecule has 0 radical (unpaired) electrons. The highest BCUT2D eigenvalue weighted by atomic mass is 16.5. The summed E-state index contributed by atoms with van der Waals surface area (Å²) in [4.78, 5) is 11.9. The molecular weight excluding hydrogens is 228 g/mol. The van der Waals surface area contributed by atoms with Gasteiger partial charge in [-0.2, -0.15) is 0 Å². The zero-order valence-corrected chi connectivity index (χ0v) is 11.9. The normalized spacial score (nSPS) is 25.7. The van der Waals surface area contributed by atoms with E-state index >= 15 is 0 Å². The molecule has 18 heavy (non-hydrogen) atoms. The molecule has 0 aliphatic heterocycles. The standard InChI is InChI=1S/C15H28O3/c1-3-5-12-6-8-13(9-7-12)14(10-11-16)15(17)18-4-2/h12-14,16H,3-11H2,1-2H3. The van der Waals surface area contributed by atoms with Crippen molar-refractivity contribution in [2.24, 2.45) is 17.8 Å². The van der Waals surface area contributed by atoms with Crippen molar-refractivity contribution < 1.29 is 14.6 Å². The summed E-state index contributed by atoms with van der Waals surface area (Å²) in [7, 11) is 0. The van der Waals surface area contributed by atoms with Crippen molar-refractivity contribution in [1.29, 1.82) is 0 Å². The maximum atomic E-state index is 11.9. The van der Waals surface area contributed by atoms with Crippen molar-refractivity contribution in [1.82, 2.24) is 0 Å². The van der Waals surface area contributed by atoms with E-state index in [1.54, 1.807) is 0 Å². The molecule has 1 unspecified atom stereocenters. The van der Waals surface area contributed by atoms with Crippen molar-refractivity contribution >= 4 is 5.97 Å². The third-order valence-corrected chi connectivity index (χ3v) is 4.19. The van der Waals surface area contributed by atoms with Crippen LogP contribution in [0.3, 0.4) is 0 Å². The molecule has 0 heterocycles. The maximum absolute atomic E-state index is 11.9. The quantitative estimate of drug-likeness (QED) is 0.712. The van der Waals surface area contributed by atoms with Gasteiger partial charge in [-0.3, -0.25) is 4.79 Å². The van der Waals surface area contributed by atoms with Gasteiger partial charge in [0, 0.05) is 6.61 Å². The number of carbonyl (C=O) groups is 1. The summed E-state index contributed by atoms with van der Waals surface area (Å²) in [6.07, 6.45) is 7.84. The summed E-state index contributed by atoms with van der Waals surface area (Å²) in [5, 5.41) is 9.11. The van der Waals surface area contributed by atoms with Crippen molar-refractivity contribution in [2.45, 2.75) is 58.8 Å². The first-order valence-electron chi connectivity index (χ1n) is 7.50. The number of esters is 1. The van der Waals surface area contributed by atoms with E-state index in [-0.39, 0.29) is 18.5 Å². The molecule has 3 heteroatoms. The van der Waals surface area contributed by atoms with Crippen molar-refractivity contribution in [2.75, 3.05) is 13.2 Å². The fourth-order valence-corrected chi connectivity index (χ4v) is 3.22. The van der Waals surface area contributed by atoms with E-state index in [9.17, 15) is 4.79 Å². The van der Waals surface area contributed by atoms with E-state index in [1.807, 2.05) is 6.92 Å². The lowest BCUT2D eigenvalue weighted by Gasteiger charge is -2.32. The van der Waals surface area contributed by atoms with Crippen LogP contribution in [-0.4, -0.2) is 24.3 Å². The molecule has 1 saturated carbocycles. The van der Waals surface area contributed by atoms with Crippen molar-refractivity contribution in [3.63, 3.8) is 0 Å². The molecule has 0 bridgehead atoms. The second-order valence-corrected chi connectivity index (χ2v) is 5.44. The minimum atomic E-state index is -0.106. The first-order valence-corrected chi connectivity index (χ1v) is 7.50. The Morgan fingerprint density at radius 2 is 1.94 bits per heavy atom. The Bertz CT molecular complexity index is 232. The molecule has 0 aromatic rings. The highest BCUT2D eigenvalue weighted by Crippen LogP contribution is 2.37. The van der Waals surface area contributed by atoms with Gasteiger partial charge >= 0.3 is 5.97 Å². The summed E-state index contributed by atoms with van der Waals surface area (Å²) in [5.74, 6) is 1.08. The number of rotatable bonds is 7. The Morgan fingerprint density at radius 1 is 1.28 bits per heavy atom. The fourth-order valence-electron chi connectivity index (χ4n) is 3.22. The average molecular weight is 256 g/mol. The van der Waals surface area contributed by atoms with Crippen LogP contribution in [-0.2, 0) is 9.53 Å². The largest absolute Gasteiger partial charge is 0.466 e. The molecule has 1 aliphatic carbocycles. The van der Waals surface area contributed by atoms with Crippen LogP contribution in [0.25, 0.3) is 0 Å². The van der Waals surface area contributed by atoms with Crippen LogP contribution in [0.4, 0.5) is 0 Å². The van der Waals surface area contributed by atoms with E-state index in [0.29, 0.717) is 18.9 Å². The van der Waals surface area contributed by atoms with Crippen molar-refractivity contribution in [3.05, 3.63) is 0 Å². The van der Waals surface area contributed by atoms with Crippen LogP contribution < -0.4 is 0 Å². The number of aliphatic hydroxyl groups excluding tert-OH is 1. The van der Waals surface area contributed by atoms with E-state index < -0.39 is 0 Å². The molecule has 0 spiro atoms. The third kappa shape index (κ3) is 4.60. The van der Waals surface area contributed by atoms with Crippen LogP contribution in [0.2, 0.25) is 0 Å². The molecule has 106 valence electrons. The molecule has 1 fully saturated rings. The number of hydrogen-bond donors (Lipinski definition) is 1. The molecule has 0 aromatic carbocycles. The zero-order valence-electron chi connectivity index (χ0n) is 11.9. The Kier molecular flexibility index (Phi) is 7.33. The van der Waals surface area contributed by atoms with Crippen LogP contribution in [0.1, 0.15) is 58.8 Å². The lowest BCUT2D eigenvalue weighted by Crippen LogP contribution is -2.30. The summed E-state index contributed by atoms with van der Waals surface area (Å²) in [5.41, 5.74) is 0. The number of aliphatic hydroxyl groups is 1. The molecular formula is C15H28O3. The van der Waals surface area contributed by atoms with Gasteiger partial charge in [0.1, 0.15) is 0 Å². The lowest BCUT2D eigenvalue weighted by molar-refractivity contribution is -0.151. The summed E-state index contributed by atoms with van der Waals surface area (Å²) >= 11 is 0. The number of carbonyl (C=O) groups excluding carboxylic acids is 1. The van der Waals surface area contributed by atoms with E-state index in [2.05, 4.69) is 6.92 Å². The monoisotopic (exact) mass is 256 g/mol. The van der Waals surface area contributed by atoms with Crippen LogP contribution in [0, 0.1) is 17.8 Å². The minimum absolute atomic E-state index is 0.0817. The van der Waals surface area contributed by atoms with Gasteiger partial charge in [-0.15, -0.1) is 0 Å². The lowest BCUT2D eigenvalue weighted by atomic mass is 9.74. The van der Waals surface area contributed by atoms with Crippen LogP contribution >= 0.6 is 0 Å². The Labute approximate surface area is 111 Å². The van der Waals surface area contributed by atoms with E-state index in [0.717, 1.165) is 18.8 Å². The predicted molar refractivity (Wildman–Crippen MR) is 72.2 cm³/mol. The molecule has 1 rings (SSSR count). The highest BCUT2D eigenvalue weighted by molar-refractivity contribution is 5.72. The number of hydrogen-bond acceptors (Lipinski definition) is 3. The molecule has 0 aromatic heterocycles. The molecule has 1 aliphatic rings. The van der Waals surface area contributed by atoms with Gasteiger partial charge in [-0.1, -0.05) is 32.6 Å². The molecule has 1 atom stereocenters. The molecule has 0 saturated heterocycles. The smallest absolute Gasteiger partial charge is 0.309 e. The SMILES string of the molecule is CCCC1CCC(C(CCO)C(=O)OCC)CC1. The predicted octanol–water partition coefficient (Wildman–Crippen LogP) is 3.15. The van der Waals surface area contributed by atoms with Gasteiger partial charge in [0.15, 0.2) is 0 Å². The molecule has 0 amide bonds. The summed E-state index contributed by atoms with van der Waals surface area (Å²) in [6, 6.07) is 0. The van der Waals surface area contributed by atoms with Gasteiger partial charge in [0.25, 0.3) is 0 Å². The Hall–Kier alpha value is -0.570. The van der Waals surface area contributed by atoms with Gasteiger partial charge in [-0.05, 0) is 38.0 Å². The van der Waals surface area contributed by atoms with Gasteiger partial charge in [-0.25, -0.2) is 0 Å². The average Bonchev–Trinajstić information content (AvgIpc) is 2.38. The topological polar surface area (TPSA) is 46.5 Å². The summed E-state index contributed by atoms with van der Waals surface area (Å²) in [6.45, 7) is 4.59. The summed E-state index contributed by atoms with van der Waals surface area (Å²) < 4.78 is 5.13. The second-order valence-electron chi connectivity index (χ2n) is 5.44. The number of ether oxygens (including phenoxy) is 1.